The van der Waals surface area contributed by atoms with Gasteiger partial charge in [-0.15, -0.1) is 0 Å². The number of hydrogen-bond donors (Lipinski definition) is 1. The van der Waals surface area contributed by atoms with Crippen molar-refractivity contribution in [1.29, 1.82) is 0 Å². The standard InChI is InChI=1S/C18H21NO4/c1-3-13-4-7-15(19-12-13)10-11-23-16-8-5-14(6-9-16)17(22-2)18(20)21/h4-9,12,17H,3,10-11H2,1-2H3,(H,20,21). The van der Waals surface area contributed by atoms with E-state index in [-0.39, 0.29) is 0 Å². The van der Waals surface area contributed by atoms with Crippen molar-refractivity contribution in [2.45, 2.75) is 25.9 Å². The smallest absolute Gasteiger partial charge is 0.337 e. The third-order valence-electron chi connectivity index (χ3n) is 3.56. The Morgan fingerprint density at radius 3 is 2.48 bits per heavy atom. The molecule has 0 amide bonds. The van der Waals surface area contributed by atoms with Crippen molar-refractivity contribution >= 4 is 5.97 Å². The Morgan fingerprint density at radius 2 is 1.96 bits per heavy atom. The molecule has 5 nitrogen and oxygen atoms in total. The van der Waals surface area contributed by atoms with Crippen molar-refractivity contribution in [2.75, 3.05) is 13.7 Å². The van der Waals surface area contributed by atoms with Crippen LogP contribution in [0.2, 0.25) is 0 Å². The largest absolute Gasteiger partial charge is 0.493 e. The number of ether oxygens (including phenoxy) is 2. The summed E-state index contributed by atoms with van der Waals surface area (Å²) >= 11 is 0. The molecule has 1 heterocycles. The Morgan fingerprint density at radius 1 is 1.22 bits per heavy atom. The molecule has 0 saturated heterocycles. The van der Waals surface area contributed by atoms with Gasteiger partial charge >= 0.3 is 5.97 Å². The monoisotopic (exact) mass is 315 g/mol. The van der Waals surface area contributed by atoms with Gasteiger partial charge in [0.2, 0.25) is 0 Å². The molecule has 0 fully saturated rings. The fourth-order valence-corrected chi connectivity index (χ4v) is 2.20. The van der Waals surface area contributed by atoms with Crippen LogP contribution in [0.3, 0.4) is 0 Å². The molecule has 1 aromatic carbocycles. The second-order valence-electron chi connectivity index (χ2n) is 5.13. The van der Waals surface area contributed by atoms with Gasteiger partial charge in [0.1, 0.15) is 5.75 Å². The first-order valence-electron chi connectivity index (χ1n) is 7.56. The summed E-state index contributed by atoms with van der Waals surface area (Å²) in [6.45, 7) is 2.62. The van der Waals surface area contributed by atoms with Crippen LogP contribution in [0.25, 0.3) is 0 Å². The molecule has 122 valence electrons. The molecule has 1 atom stereocenters. The number of aliphatic carboxylic acids is 1. The molecule has 1 N–H and O–H groups in total. The summed E-state index contributed by atoms with van der Waals surface area (Å²) in [6.07, 6.45) is 2.64. The minimum Gasteiger partial charge on any atom is -0.493 e. The number of aryl methyl sites for hydroxylation is 1. The van der Waals surface area contributed by atoms with Gasteiger partial charge in [0.05, 0.1) is 6.61 Å². The second-order valence-corrected chi connectivity index (χ2v) is 5.13. The predicted octanol–water partition coefficient (Wildman–Crippen LogP) is 3.04. The van der Waals surface area contributed by atoms with Crippen molar-refractivity contribution in [3.8, 4) is 5.75 Å². The Labute approximate surface area is 135 Å². The maximum atomic E-state index is 11.0. The highest BCUT2D eigenvalue weighted by atomic mass is 16.5. The van der Waals surface area contributed by atoms with Crippen molar-refractivity contribution < 1.29 is 19.4 Å². The topological polar surface area (TPSA) is 68.7 Å². The quantitative estimate of drug-likeness (QED) is 0.811. The average Bonchev–Trinajstić information content (AvgIpc) is 2.57. The third-order valence-corrected chi connectivity index (χ3v) is 3.56. The van der Waals surface area contributed by atoms with Crippen LogP contribution in [-0.4, -0.2) is 29.8 Å². The van der Waals surface area contributed by atoms with Gasteiger partial charge in [-0.3, -0.25) is 4.98 Å². The highest BCUT2D eigenvalue weighted by Gasteiger charge is 2.18. The molecule has 0 bridgehead atoms. The van der Waals surface area contributed by atoms with E-state index in [9.17, 15) is 4.79 Å². The van der Waals surface area contributed by atoms with E-state index in [1.54, 1.807) is 24.3 Å². The Hall–Kier alpha value is -2.40. The van der Waals surface area contributed by atoms with E-state index >= 15 is 0 Å². The van der Waals surface area contributed by atoms with Crippen LogP contribution in [0, 0.1) is 0 Å². The molecule has 1 aromatic heterocycles. The average molecular weight is 315 g/mol. The normalized spacial score (nSPS) is 11.9. The molecule has 0 saturated carbocycles. The van der Waals surface area contributed by atoms with Gasteiger partial charge in [-0.25, -0.2) is 4.79 Å². The van der Waals surface area contributed by atoms with Crippen molar-refractivity contribution in [1.82, 2.24) is 4.98 Å². The lowest BCUT2D eigenvalue weighted by Gasteiger charge is -2.12. The minimum atomic E-state index is -1.01. The fourth-order valence-electron chi connectivity index (χ4n) is 2.20. The van der Waals surface area contributed by atoms with Crippen LogP contribution in [0.1, 0.15) is 29.8 Å². The van der Waals surface area contributed by atoms with Gasteiger partial charge in [-0.1, -0.05) is 25.1 Å². The summed E-state index contributed by atoms with van der Waals surface area (Å²) in [5.41, 5.74) is 2.80. The van der Waals surface area contributed by atoms with Gasteiger partial charge in [0.25, 0.3) is 0 Å². The number of rotatable bonds is 8. The summed E-state index contributed by atoms with van der Waals surface area (Å²) in [4.78, 5) is 15.4. The second kappa shape index (κ2) is 8.29. The van der Waals surface area contributed by atoms with E-state index < -0.39 is 12.1 Å². The summed E-state index contributed by atoms with van der Waals surface area (Å²) in [5.74, 6) is -0.318. The highest BCUT2D eigenvalue weighted by molar-refractivity contribution is 5.74. The first kappa shape index (κ1) is 17.0. The number of pyridine rings is 1. The zero-order chi connectivity index (χ0) is 16.7. The number of methoxy groups -OCH3 is 1. The van der Waals surface area contributed by atoms with Crippen molar-refractivity contribution in [2.24, 2.45) is 0 Å². The summed E-state index contributed by atoms with van der Waals surface area (Å²) in [5, 5.41) is 9.04. The predicted molar refractivity (Wildman–Crippen MR) is 86.6 cm³/mol. The molecular formula is C18H21NO4. The third kappa shape index (κ3) is 4.79. The van der Waals surface area contributed by atoms with Crippen LogP contribution >= 0.6 is 0 Å². The summed E-state index contributed by atoms with van der Waals surface area (Å²) in [7, 11) is 1.38. The summed E-state index contributed by atoms with van der Waals surface area (Å²) in [6, 6.07) is 11.0. The first-order chi connectivity index (χ1) is 11.1. The van der Waals surface area contributed by atoms with E-state index in [1.807, 2.05) is 12.3 Å². The maximum Gasteiger partial charge on any atom is 0.337 e. The van der Waals surface area contributed by atoms with Gasteiger partial charge < -0.3 is 14.6 Å². The Kier molecular flexibility index (Phi) is 6.11. The lowest BCUT2D eigenvalue weighted by molar-refractivity contribution is -0.148. The minimum absolute atomic E-state index is 0.518. The van der Waals surface area contributed by atoms with Crippen LogP contribution in [-0.2, 0) is 22.4 Å². The molecule has 23 heavy (non-hydrogen) atoms. The van der Waals surface area contributed by atoms with E-state index in [1.165, 1.54) is 12.7 Å². The lowest BCUT2D eigenvalue weighted by atomic mass is 10.1. The number of nitrogens with zero attached hydrogens (tertiary/aromatic N) is 1. The molecular weight excluding hydrogens is 294 g/mol. The van der Waals surface area contributed by atoms with Crippen LogP contribution in [0.5, 0.6) is 5.75 Å². The Balaban J connectivity index is 1.87. The molecule has 2 rings (SSSR count). The first-order valence-corrected chi connectivity index (χ1v) is 7.56. The number of hydrogen-bond acceptors (Lipinski definition) is 4. The van der Waals surface area contributed by atoms with Gasteiger partial charge in [0.15, 0.2) is 6.10 Å². The molecule has 0 aliphatic heterocycles. The molecule has 0 radical (unpaired) electrons. The van der Waals surface area contributed by atoms with Crippen LogP contribution in [0.4, 0.5) is 0 Å². The number of benzene rings is 1. The van der Waals surface area contributed by atoms with Crippen LogP contribution < -0.4 is 4.74 Å². The van der Waals surface area contributed by atoms with Gasteiger partial charge in [0, 0.05) is 25.4 Å². The number of aromatic nitrogens is 1. The van der Waals surface area contributed by atoms with Gasteiger partial charge in [-0.05, 0) is 35.7 Å². The SMILES string of the molecule is CCc1ccc(CCOc2ccc(C(OC)C(=O)O)cc2)nc1. The number of carboxylic acid groups (broad SMARTS) is 1. The van der Waals surface area contributed by atoms with E-state index in [4.69, 9.17) is 14.6 Å². The van der Waals surface area contributed by atoms with Gasteiger partial charge in [-0.2, -0.15) is 0 Å². The lowest BCUT2D eigenvalue weighted by Crippen LogP contribution is -2.13. The van der Waals surface area contributed by atoms with Crippen molar-refractivity contribution in [3.05, 3.63) is 59.4 Å². The van der Waals surface area contributed by atoms with E-state index in [0.29, 0.717) is 17.9 Å². The zero-order valence-electron chi connectivity index (χ0n) is 13.4. The molecule has 0 aliphatic carbocycles. The molecule has 0 aliphatic rings. The Bertz CT molecular complexity index is 622. The molecule has 2 aromatic rings. The van der Waals surface area contributed by atoms with Crippen LogP contribution in [0.15, 0.2) is 42.6 Å². The molecule has 0 spiro atoms. The summed E-state index contributed by atoms with van der Waals surface area (Å²) < 4.78 is 10.6. The maximum absolute atomic E-state index is 11.0. The fraction of sp³-hybridized carbons (Fsp3) is 0.333. The van der Waals surface area contributed by atoms with Crippen molar-refractivity contribution in [3.63, 3.8) is 0 Å². The molecule has 1 unspecified atom stereocenters. The zero-order valence-corrected chi connectivity index (χ0v) is 13.4. The molecule has 5 heteroatoms. The van der Waals surface area contributed by atoms with E-state index in [0.717, 1.165) is 18.5 Å². The highest BCUT2D eigenvalue weighted by Crippen LogP contribution is 2.20. The van der Waals surface area contributed by atoms with E-state index in [2.05, 4.69) is 18.0 Å². The number of carboxylic acids is 1. The number of carbonyl (C=O) groups is 1.